The van der Waals surface area contributed by atoms with E-state index in [4.69, 9.17) is 11.6 Å². The van der Waals surface area contributed by atoms with Gasteiger partial charge in [0.1, 0.15) is 0 Å². The summed E-state index contributed by atoms with van der Waals surface area (Å²) in [6, 6.07) is 5.37. The zero-order chi connectivity index (χ0) is 14.1. The zero-order valence-electron chi connectivity index (χ0n) is 11.4. The lowest BCUT2D eigenvalue weighted by atomic mass is 10.0. The van der Waals surface area contributed by atoms with E-state index in [1.807, 2.05) is 13.0 Å². The molecule has 0 saturated carbocycles. The Morgan fingerprint density at radius 3 is 2.33 bits per heavy atom. The van der Waals surface area contributed by atoms with Crippen LogP contribution in [0.2, 0.25) is 0 Å². The third-order valence-corrected chi connectivity index (χ3v) is 5.38. The van der Waals surface area contributed by atoms with Gasteiger partial charge in [0.2, 0.25) is 10.0 Å². The number of rotatable bonds is 4. The van der Waals surface area contributed by atoms with Crippen LogP contribution in [-0.4, -0.2) is 19.3 Å². The molecular weight excluding hydrogens is 270 g/mol. The van der Waals surface area contributed by atoms with Crippen LogP contribution in [0.15, 0.2) is 23.1 Å². The van der Waals surface area contributed by atoms with Gasteiger partial charge in [0, 0.05) is 10.9 Å². The maximum atomic E-state index is 12.4. The van der Waals surface area contributed by atoms with E-state index in [0.29, 0.717) is 4.90 Å². The number of hydrogen-bond donors (Lipinski definition) is 1. The Hall–Kier alpha value is -0.580. The molecule has 0 spiro atoms. The molecular formula is C13H20ClNO2S. The molecule has 0 heterocycles. The van der Waals surface area contributed by atoms with Gasteiger partial charge in [-0.2, -0.15) is 0 Å². The fourth-order valence-corrected chi connectivity index (χ4v) is 3.41. The van der Waals surface area contributed by atoms with Crippen molar-refractivity contribution in [3.8, 4) is 0 Å². The monoisotopic (exact) mass is 289 g/mol. The summed E-state index contributed by atoms with van der Waals surface area (Å²) >= 11 is 6.01. The SMILES string of the molecule is Cc1ccc(C)c(S(=O)(=O)NC(C)(C)C(C)Cl)c1. The number of halogens is 1. The number of aryl methyl sites for hydroxylation is 2. The van der Waals surface area contributed by atoms with Crippen LogP contribution in [0, 0.1) is 13.8 Å². The van der Waals surface area contributed by atoms with Crippen molar-refractivity contribution in [1.82, 2.24) is 4.72 Å². The Labute approximate surface area is 115 Å². The van der Waals surface area contributed by atoms with Crippen molar-refractivity contribution in [1.29, 1.82) is 0 Å². The minimum Gasteiger partial charge on any atom is -0.207 e. The molecule has 0 aliphatic heterocycles. The molecule has 0 fully saturated rings. The molecule has 0 amide bonds. The number of nitrogens with one attached hydrogen (secondary N) is 1. The van der Waals surface area contributed by atoms with Crippen molar-refractivity contribution in [3.63, 3.8) is 0 Å². The normalized spacial score (nSPS) is 14.6. The molecule has 3 nitrogen and oxygen atoms in total. The first-order valence-corrected chi connectivity index (χ1v) is 7.73. The second-order valence-corrected chi connectivity index (χ2v) is 7.52. The molecule has 0 aromatic heterocycles. The van der Waals surface area contributed by atoms with Gasteiger partial charge in [-0.1, -0.05) is 12.1 Å². The molecule has 0 saturated heterocycles. The van der Waals surface area contributed by atoms with Crippen LogP contribution >= 0.6 is 11.6 Å². The predicted octanol–water partition coefficient (Wildman–Crippen LogP) is 2.99. The van der Waals surface area contributed by atoms with Gasteiger partial charge in [0.15, 0.2) is 0 Å². The Morgan fingerprint density at radius 1 is 1.28 bits per heavy atom. The summed E-state index contributed by atoms with van der Waals surface area (Å²) in [7, 11) is -3.55. The molecule has 0 radical (unpaired) electrons. The van der Waals surface area contributed by atoms with Crippen LogP contribution in [0.5, 0.6) is 0 Å². The lowest BCUT2D eigenvalue weighted by Gasteiger charge is -2.28. The topological polar surface area (TPSA) is 46.2 Å². The van der Waals surface area contributed by atoms with Crippen LogP contribution in [-0.2, 0) is 10.0 Å². The van der Waals surface area contributed by atoms with Crippen molar-refractivity contribution < 1.29 is 8.42 Å². The van der Waals surface area contributed by atoms with Gasteiger partial charge >= 0.3 is 0 Å². The largest absolute Gasteiger partial charge is 0.241 e. The summed E-state index contributed by atoms with van der Waals surface area (Å²) in [6.45, 7) is 8.97. The molecule has 1 atom stereocenters. The first kappa shape index (κ1) is 15.5. The highest BCUT2D eigenvalue weighted by Crippen LogP contribution is 2.22. The molecule has 18 heavy (non-hydrogen) atoms. The van der Waals surface area contributed by atoms with Crippen molar-refractivity contribution in [2.45, 2.75) is 50.4 Å². The third-order valence-electron chi connectivity index (χ3n) is 3.03. The summed E-state index contributed by atoms with van der Waals surface area (Å²) < 4.78 is 27.4. The quantitative estimate of drug-likeness (QED) is 0.866. The van der Waals surface area contributed by atoms with E-state index in [2.05, 4.69) is 4.72 Å². The van der Waals surface area contributed by atoms with E-state index < -0.39 is 15.6 Å². The first-order valence-electron chi connectivity index (χ1n) is 5.81. The fourth-order valence-electron chi connectivity index (χ4n) is 1.48. The molecule has 0 bridgehead atoms. The van der Waals surface area contributed by atoms with Crippen LogP contribution in [0.3, 0.4) is 0 Å². The highest BCUT2D eigenvalue weighted by atomic mass is 35.5. The minimum atomic E-state index is -3.55. The highest BCUT2D eigenvalue weighted by molar-refractivity contribution is 7.89. The summed E-state index contributed by atoms with van der Waals surface area (Å²) in [5.41, 5.74) is 0.945. The predicted molar refractivity (Wildman–Crippen MR) is 75.6 cm³/mol. The van der Waals surface area contributed by atoms with E-state index in [0.717, 1.165) is 11.1 Å². The van der Waals surface area contributed by atoms with Gasteiger partial charge in [-0.25, -0.2) is 13.1 Å². The van der Waals surface area contributed by atoms with Gasteiger partial charge in [0.25, 0.3) is 0 Å². The molecule has 1 N–H and O–H groups in total. The molecule has 102 valence electrons. The van der Waals surface area contributed by atoms with Crippen LogP contribution in [0.25, 0.3) is 0 Å². The van der Waals surface area contributed by atoms with E-state index >= 15 is 0 Å². The van der Waals surface area contributed by atoms with E-state index in [9.17, 15) is 8.42 Å². The maximum absolute atomic E-state index is 12.4. The van der Waals surface area contributed by atoms with Gasteiger partial charge in [-0.3, -0.25) is 0 Å². The Bertz CT molecular complexity index is 536. The molecule has 5 heteroatoms. The average Bonchev–Trinajstić information content (AvgIpc) is 2.19. The van der Waals surface area contributed by atoms with Gasteiger partial charge in [-0.15, -0.1) is 11.6 Å². The lowest BCUT2D eigenvalue weighted by Crippen LogP contribution is -2.49. The molecule has 0 aliphatic rings. The number of hydrogen-bond acceptors (Lipinski definition) is 2. The lowest BCUT2D eigenvalue weighted by molar-refractivity contribution is 0.445. The number of benzene rings is 1. The molecule has 1 aromatic rings. The molecule has 1 aromatic carbocycles. The Balaban J connectivity index is 3.19. The first-order chi connectivity index (χ1) is 8.06. The number of sulfonamides is 1. The average molecular weight is 290 g/mol. The Morgan fingerprint density at radius 2 is 1.83 bits per heavy atom. The summed E-state index contributed by atoms with van der Waals surface area (Å²) in [5.74, 6) is 0. The number of alkyl halides is 1. The summed E-state index contributed by atoms with van der Waals surface area (Å²) in [5, 5.41) is -0.308. The fraction of sp³-hybridized carbons (Fsp3) is 0.538. The van der Waals surface area contributed by atoms with Crippen LogP contribution in [0.4, 0.5) is 0 Å². The smallest absolute Gasteiger partial charge is 0.207 e. The van der Waals surface area contributed by atoms with Crippen LogP contribution < -0.4 is 4.72 Å². The van der Waals surface area contributed by atoms with E-state index in [-0.39, 0.29) is 5.38 Å². The van der Waals surface area contributed by atoms with Gasteiger partial charge in [0.05, 0.1) is 4.90 Å². The van der Waals surface area contributed by atoms with Crippen LogP contribution in [0.1, 0.15) is 31.9 Å². The van der Waals surface area contributed by atoms with E-state index in [1.54, 1.807) is 39.8 Å². The second-order valence-electron chi connectivity index (χ2n) is 5.21. The molecule has 0 aliphatic carbocycles. The highest BCUT2D eigenvalue weighted by Gasteiger charge is 2.31. The Kier molecular flexibility index (Phi) is 4.47. The summed E-state index contributed by atoms with van der Waals surface area (Å²) in [6.07, 6.45) is 0. The van der Waals surface area contributed by atoms with E-state index in [1.165, 1.54) is 0 Å². The van der Waals surface area contributed by atoms with Gasteiger partial charge < -0.3 is 0 Å². The molecule has 1 rings (SSSR count). The molecule has 1 unspecified atom stereocenters. The van der Waals surface area contributed by atoms with Crippen molar-refractivity contribution >= 4 is 21.6 Å². The standard InChI is InChI=1S/C13H20ClNO2S/c1-9-6-7-10(2)12(8-9)18(16,17)15-13(4,5)11(3)14/h6-8,11,15H,1-5H3. The minimum absolute atomic E-state index is 0.308. The van der Waals surface area contributed by atoms with Crippen molar-refractivity contribution in [2.24, 2.45) is 0 Å². The van der Waals surface area contributed by atoms with Gasteiger partial charge in [-0.05, 0) is 51.8 Å². The van der Waals surface area contributed by atoms with Crippen molar-refractivity contribution in [2.75, 3.05) is 0 Å². The summed E-state index contributed by atoms with van der Waals surface area (Å²) in [4.78, 5) is 0.313. The zero-order valence-corrected chi connectivity index (χ0v) is 13.0. The maximum Gasteiger partial charge on any atom is 0.241 e. The second kappa shape index (κ2) is 5.19. The third kappa shape index (κ3) is 3.46. The van der Waals surface area contributed by atoms with Crippen molar-refractivity contribution in [3.05, 3.63) is 29.3 Å².